The molecule has 1 fully saturated rings. The van der Waals surface area contributed by atoms with E-state index in [4.69, 9.17) is 4.98 Å². The maximum Gasteiger partial charge on any atom is 0.159 e. The molecule has 0 aliphatic carbocycles. The van der Waals surface area contributed by atoms with Crippen molar-refractivity contribution in [1.82, 2.24) is 30.0 Å². The number of pyridine rings is 1. The number of aromatic nitrogens is 5. The molecule has 0 atom stereocenters. The van der Waals surface area contributed by atoms with Crippen LogP contribution in [0.25, 0.3) is 55.7 Å². The number of hydrogen-bond acceptors (Lipinski definition) is 5. The highest BCUT2D eigenvalue weighted by molar-refractivity contribution is 7.08. The highest BCUT2D eigenvalue weighted by Crippen LogP contribution is 2.33. The SMILES string of the molecule is c1cc(CN2CCCCC2)cc(-c2ccc3[nH]nc(-c4nc5c(-c6ccsc6)cncc5[nH]4)c3c2)c1. The smallest absolute Gasteiger partial charge is 0.159 e. The third-order valence-electron chi connectivity index (χ3n) is 7.13. The molecule has 1 aliphatic rings. The van der Waals surface area contributed by atoms with Crippen molar-refractivity contribution in [3.8, 4) is 33.8 Å². The van der Waals surface area contributed by atoms with Crippen LogP contribution >= 0.6 is 11.3 Å². The molecule has 6 nitrogen and oxygen atoms in total. The van der Waals surface area contributed by atoms with Crippen LogP contribution in [-0.4, -0.2) is 43.1 Å². The van der Waals surface area contributed by atoms with Crippen molar-refractivity contribution < 1.29 is 0 Å². The van der Waals surface area contributed by atoms with Crippen molar-refractivity contribution in [3.63, 3.8) is 0 Å². The van der Waals surface area contributed by atoms with Gasteiger partial charge in [0, 0.05) is 23.7 Å². The maximum atomic E-state index is 4.96. The minimum absolute atomic E-state index is 0.747. The standard InChI is InChI=1S/C29H26N6S/c1-2-10-35(11-3-1)17-19-5-4-6-20(13-19)21-7-8-25-23(14-21)28(34-33-25)29-31-26-16-30-15-24(27(26)32-29)22-9-12-36-18-22/h4-9,12-16,18H,1-3,10-11,17H2,(H,31,32)(H,33,34). The highest BCUT2D eigenvalue weighted by Gasteiger charge is 2.17. The van der Waals surface area contributed by atoms with Crippen LogP contribution < -0.4 is 0 Å². The Morgan fingerprint density at radius 1 is 0.889 bits per heavy atom. The number of benzene rings is 2. The van der Waals surface area contributed by atoms with Gasteiger partial charge in [0.2, 0.25) is 0 Å². The Hall–Kier alpha value is -3.81. The van der Waals surface area contributed by atoms with E-state index in [0.717, 1.165) is 51.1 Å². The molecule has 36 heavy (non-hydrogen) atoms. The molecule has 0 spiro atoms. The molecule has 6 aromatic rings. The van der Waals surface area contributed by atoms with Crippen molar-refractivity contribution in [2.45, 2.75) is 25.8 Å². The van der Waals surface area contributed by atoms with E-state index in [1.807, 2.05) is 12.4 Å². The second kappa shape index (κ2) is 9.00. The van der Waals surface area contributed by atoms with Gasteiger partial charge < -0.3 is 4.98 Å². The van der Waals surface area contributed by atoms with Crippen molar-refractivity contribution in [1.29, 1.82) is 0 Å². The van der Waals surface area contributed by atoms with E-state index in [2.05, 4.69) is 84.4 Å². The third-order valence-corrected chi connectivity index (χ3v) is 7.81. The minimum Gasteiger partial charge on any atom is -0.335 e. The van der Waals surface area contributed by atoms with Crippen LogP contribution in [0.5, 0.6) is 0 Å². The summed E-state index contributed by atoms with van der Waals surface area (Å²) in [6, 6.07) is 17.5. The van der Waals surface area contributed by atoms with Gasteiger partial charge in [0.15, 0.2) is 5.82 Å². The molecule has 178 valence electrons. The van der Waals surface area contributed by atoms with E-state index in [1.54, 1.807) is 11.3 Å². The van der Waals surface area contributed by atoms with Crippen molar-refractivity contribution >= 4 is 33.3 Å². The summed E-state index contributed by atoms with van der Waals surface area (Å²) >= 11 is 1.67. The molecule has 5 heterocycles. The lowest BCUT2D eigenvalue weighted by atomic mass is 10.0. The maximum absolute atomic E-state index is 4.96. The zero-order chi connectivity index (χ0) is 23.9. The summed E-state index contributed by atoms with van der Waals surface area (Å²) in [6.07, 6.45) is 7.70. The van der Waals surface area contributed by atoms with Crippen LogP contribution in [0.1, 0.15) is 24.8 Å². The Bertz CT molecular complexity index is 1660. The van der Waals surface area contributed by atoms with Gasteiger partial charge >= 0.3 is 0 Å². The first kappa shape index (κ1) is 21.5. The van der Waals surface area contributed by atoms with Gasteiger partial charge in [-0.3, -0.25) is 15.0 Å². The van der Waals surface area contributed by atoms with E-state index in [9.17, 15) is 0 Å². The van der Waals surface area contributed by atoms with Crippen LogP contribution in [0, 0.1) is 0 Å². The largest absolute Gasteiger partial charge is 0.335 e. The fraction of sp³-hybridized carbons (Fsp3) is 0.207. The number of imidazole rings is 1. The Morgan fingerprint density at radius 3 is 2.69 bits per heavy atom. The summed E-state index contributed by atoms with van der Waals surface area (Å²) in [4.78, 5) is 15.4. The Balaban J connectivity index is 1.26. The molecule has 0 amide bonds. The number of hydrogen-bond donors (Lipinski definition) is 2. The topological polar surface area (TPSA) is 73.5 Å². The molecular weight excluding hydrogens is 464 g/mol. The summed E-state index contributed by atoms with van der Waals surface area (Å²) in [7, 11) is 0. The number of nitrogens with zero attached hydrogens (tertiary/aromatic N) is 4. The first-order valence-electron chi connectivity index (χ1n) is 12.5. The molecule has 0 bridgehead atoms. The molecule has 1 aliphatic heterocycles. The van der Waals surface area contributed by atoms with E-state index in [1.165, 1.54) is 49.0 Å². The predicted molar refractivity (Wildman–Crippen MR) is 147 cm³/mol. The van der Waals surface area contributed by atoms with E-state index < -0.39 is 0 Å². The zero-order valence-electron chi connectivity index (χ0n) is 19.9. The Labute approximate surface area is 213 Å². The van der Waals surface area contributed by atoms with Crippen LogP contribution in [0.15, 0.2) is 71.7 Å². The summed E-state index contributed by atoms with van der Waals surface area (Å²) < 4.78 is 0. The molecule has 4 aromatic heterocycles. The van der Waals surface area contributed by atoms with Gasteiger partial charge in [-0.2, -0.15) is 16.4 Å². The van der Waals surface area contributed by atoms with Gasteiger partial charge in [0.25, 0.3) is 0 Å². The second-order valence-corrected chi connectivity index (χ2v) is 10.3. The molecule has 0 unspecified atom stereocenters. The summed E-state index contributed by atoms with van der Waals surface area (Å²) in [5.74, 6) is 0.747. The van der Waals surface area contributed by atoms with Crippen LogP contribution in [-0.2, 0) is 6.54 Å². The average molecular weight is 491 g/mol. The van der Waals surface area contributed by atoms with Gasteiger partial charge in [-0.1, -0.05) is 30.7 Å². The molecule has 0 saturated carbocycles. The summed E-state index contributed by atoms with van der Waals surface area (Å²) in [6.45, 7) is 3.43. The molecule has 7 heteroatoms. The zero-order valence-corrected chi connectivity index (χ0v) is 20.7. The summed E-state index contributed by atoms with van der Waals surface area (Å²) in [5, 5.41) is 13.1. The number of thiophene rings is 1. The molecule has 7 rings (SSSR count). The van der Waals surface area contributed by atoms with E-state index in [0.29, 0.717) is 0 Å². The monoisotopic (exact) mass is 490 g/mol. The van der Waals surface area contributed by atoms with Crippen LogP contribution in [0.4, 0.5) is 0 Å². The van der Waals surface area contributed by atoms with Crippen LogP contribution in [0.3, 0.4) is 0 Å². The number of piperidine rings is 1. The number of likely N-dealkylation sites (tertiary alicyclic amines) is 1. The van der Waals surface area contributed by atoms with Gasteiger partial charge in [0.05, 0.1) is 17.2 Å². The first-order chi connectivity index (χ1) is 17.8. The van der Waals surface area contributed by atoms with Gasteiger partial charge in [-0.05, 0) is 83.2 Å². The molecule has 2 N–H and O–H groups in total. The quantitative estimate of drug-likeness (QED) is 0.276. The van der Waals surface area contributed by atoms with Gasteiger partial charge in [0.1, 0.15) is 11.2 Å². The van der Waals surface area contributed by atoms with Gasteiger partial charge in [-0.15, -0.1) is 0 Å². The third kappa shape index (κ3) is 3.90. The number of aromatic amines is 2. The Kier molecular flexibility index (Phi) is 5.37. The fourth-order valence-electron chi connectivity index (χ4n) is 5.27. The number of fused-ring (bicyclic) bond motifs is 2. The normalized spacial score (nSPS) is 14.7. The van der Waals surface area contributed by atoms with E-state index >= 15 is 0 Å². The molecule has 1 saturated heterocycles. The number of rotatable bonds is 5. The van der Waals surface area contributed by atoms with Crippen molar-refractivity contribution in [2.24, 2.45) is 0 Å². The number of H-pyrrole nitrogens is 2. The lowest BCUT2D eigenvalue weighted by molar-refractivity contribution is 0.221. The molecular formula is C29H26N6S. The second-order valence-electron chi connectivity index (χ2n) is 9.55. The Morgan fingerprint density at radius 2 is 1.81 bits per heavy atom. The van der Waals surface area contributed by atoms with E-state index in [-0.39, 0.29) is 0 Å². The fourth-order valence-corrected chi connectivity index (χ4v) is 5.93. The minimum atomic E-state index is 0.747. The highest BCUT2D eigenvalue weighted by atomic mass is 32.1. The predicted octanol–water partition coefficient (Wildman–Crippen LogP) is 6.88. The molecule has 2 aromatic carbocycles. The first-order valence-corrected chi connectivity index (χ1v) is 13.4. The summed E-state index contributed by atoms with van der Waals surface area (Å²) in [5.41, 5.74) is 9.58. The number of nitrogens with one attached hydrogen (secondary N) is 2. The lowest BCUT2D eigenvalue weighted by Crippen LogP contribution is -2.29. The van der Waals surface area contributed by atoms with Crippen molar-refractivity contribution in [2.75, 3.05) is 13.1 Å². The average Bonchev–Trinajstić information content (AvgIpc) is 3.68. The molecule has 0 radical (unpaired) electrons. The van der Waals surface area contributed by atoms with Crippen LogP contribution in [0.2, 0.25) is 0 Å². The lowest BCUT2D eigenvalue weighted by Gasteiger charge is -2.26. The van der Waals surface area contributed by atoms with Gasteiger partial charge in [-0.25, -0.2) is 4.98 Å². The van der Waals surface area contributed by atoms with Crippen molar-refractivity contribution in [3.05, 3.63) is 77.2 Å².